The third-order valence-corrected chi connectivity index (χ3v) is 3.81. The number of carbonyl (C=O) groups excluding carboxylic acids is 1. The molecular formula is C15H20ClNO. The molecule has 98 valence electrons. The van der Waals surface area contributed by atoms with Gasteiger partial charge in [-0.1, -0.05) is 17.7 Å². The van der Waals surface area contributed by atoms with Gasteiger partial charge < -0.3 is 4.90 Å². The van der Waals surface area contributed by atoms with Gasteiger partial charge in [-0.2, -0.15) is 0 Å². The van der Waals surface area contributed by atoms with Crippen LogP contribution >= 0.6 is 11.6 Å². The summed E-state index contributed by atoms with van der Waals surface area (Å²) >= 11 is 5.84. The lowest BCUT2D eigenvalue weighted by Gasteiger charge is -2.35. The highest BCUT2D eigenvalue weighted by Gasteiger charge is 2.26. The van der Waals surface area contributed by atoms with Crippen LogP contribution in [-0.4, -0.2) is 29.3 Å². The van der Waals surface area contributed by atoms with E-state index in [0.29, 0.717) is 11.9 Å². The number of aryl methyl sites for hydroxylation is 1. The summed E-state index contributed by atoms with van der Waals surface area (Å²) in [6.07, 6.45) is 4.30. The number of nitrogens with zero attached hydrogens (tertiary/aromatic N) is 1. The lowest BCUT2D eigenvalue weighted by molar-refractivity contribution is 0.0609. The molecule has 1 unspecified atom stereocenters. The number of likely N-dealkylation sites (tertiary alicyclic amines) is 1. The van der Waals surface area contributed by atoms with Crippen LogP contribution < -0.4 is 0 Å². The molecule has 2 nitrogen and oxygen atoms in total. The van der Waals surface area contributed by atoms with Gasteiger partial charge in [-0.05, 0) is 44.7 Å². The standard InChI is InChI=1S/C15H20ClNO/c1-12-5-4-6-13(11-12)15(18)17-10-3-2-7-14(17)8-9-16/h4-6,11,14H,2-3,7-10H2,1H3. The third-order valence-electron chi connectivity index (χ3n) is 3.60. The zero-order chi connectivity index (χ0) is 13.0. The average molecular weight is 266 g/mol. The van der Waals surface area contributed by atoms with Crippen LogP contribution in [0, 0.1) is 6.92 Å². The van der Waals surface area contributed by atoms with Crippen molar-refractivity contribution in [1.29, 1.82) is 0 Å². The third kappa shape index (κ3) is 3.05. The summed E-state index contributed by atoms with van der Waals surface area (Å²) in [6, 6.07) is 8.16. The molecule has 0 saturated carbocycles. The molecule has 2 rings (SSSR count). The van der Waals surface area contributed by atoms with Gasteiger partial charge in [-0.15, -0.1) is 11.6 Å². The smallest absolute Gasteiger partial charge is 0.254 e. The molecule has 0 aromatic heterocycles. The molecule has 0 aliphatic carbocycles. The Balaban J connectivity index is 2.15. The lowest BCUT2D eigenvalue weighted by atomic mass is 9.98. The summed E-state index contributed by atoms with van der Waals surface area (Å²) in [5, 5.41) is 0. The largest absolute Gasteiger partial charge is 0.336 e. The van der Waals surface area contributed by atoms with E-state index in [2.05, 4.69) is 0 Å². The van der Waals surface area contributed by atoms with Gasteiger partial charge in [0.15, 0.2) is 0 Å². The van der Waals surface area contributed by atoms with E-state index in [1.165, 1.54) is 6.42 Å². The van der Waals surface area contributed by atoms with E-state index in [1.54, 1.807) is 0 Å². The molecule has 1 aliphatic rings. The monoisotopic (exact) mass is 265 g/mol. The van der Waals surface area contributed by atoms with E-state index in [-0.39, 0.29) is 5.91 Å². The summed E-state index contributed by atoms with van der Waals surface area (Å²) in [5.74, 6) is 0.788. The number of hydrogen-bond donors (Lipinski definition) is 0. The maximum atomic E-state index is 12.5. The fourth-order valence-electron chi connectivity index (χ4n) is 2.64. The van der Waals surface area contributed by atoms with Crippen molar-refractivity contribution in [2.45, 2.75) is 38.6 Å². The molecule has 1 fully saturated rings. The minimum absolute atomic E-state index is 0.161. The van der Waals surface area contributed by atoms with Crippen molar-refractivity contribution in [2.24, 2.45) is 0 Å². The summed E-state index contributed by atoms with van der Waals surface area (Å²) < 4.78 is 0. The maximum absolute atomic E-state index is 12.5. The first-order chi connectivity index (χ1) is 8.72. The Bertz CT molecular complexity index is 417. The molecule has 18 heavy (non-hydrogen) atoms. The zero-order valence-electron chi connectivity index (χ0n) is 10.9. The molecule has 0 radical (unpaired) electrons. The predicted octanol–water partition coefficient (Wildman–Crippen LogP) is 3.62. The normalized spacial score (nSPS) is 19.9. The van der Waals surface area contributed by atoms with Crippen LogP contribution in [0.2, 0.25) is 0 Å². The second-order valence-electron chi connectivity index (χ2n) is 5.00. The number of carbonyl (C=O) groups is 1. The molecule has 0 bridgehead atoms. The second-order valence-corrected chi connectivity index (χ2v) is 5.37. The highest BCUT2D eigenvalue weighted by molar-refractivity contribution is 6.17. The Morgan fingerprint density at radius 2 is 2.28 bits per heavy atom. The Kier molecular flexibility index (Phi) is 4.65. The number of amides is 1. The van der Waals surface area contributed by atoms with Crippen LogP contribution in [0.4, 0.5) is 0 Å². The number of rotatable bonds is 3. The van der Waals surface area contributed by atoms with Gasteiger partial charge in [0.05, 0.1) is 0 Å². The Labute approximate surface area is 114 Å². The average Bonchev–Trinajstić information content (AvgIpc) is 2.39. The van der Waals surface area contributed by atoms with Gasteiger partial charge in [-0.3, -0.25) is 4.79 Å². The van der Waals surface area contributed by atoms with Gasteiger partial charge in [0.2, 0.25) is 0 Å². The van der Waals surface area contributed by atoms with E-state index >= 15 is 0 Å². The van der Waals surface area contributed by atoms with Crippen LogP contribution in [0.5, 0.6) is 0 Å². The number of benzene rings is 1. The fraction of sp³-hybridized carbons (Fsp3) is 0.533. The van der Waals surface area contributed by atoms with E-state index in [9.17, 15) is 4.79 Å². The van der Waals surface area contributed by atoms with Crippen molar-refractivity contribution in [2.75, 3.05) is 12.4 Å². The van der Waals surface area contributed by atoms with Crippen molar-refractivity contribution >= 4 is 17.5 Å². The van der Waals surface area contributed by atoms with Gasteiger partial charge in [0.25, 0.3) is 5.91 Å². The molecule has 0 spiro atoms. The van der Waals surface area contributed by atoms with Crippen LogP contribution in [0.3, 0.4) is 0 Å². The zero-order valence-corrected chi connectivity index (χ0v) is 11.6. The first kappa shape index (κ1) is 13.4. The van der Waals surface area contributed by atoms with E-state index in [0.717, 1.165) is 36.9 Å². The molecule has 1 atom stereocenters. The number of halogens is 1. The molecule has 0 N–H and O–H groups in total. The highest BCUT2D eigenvalue weighted by Crippen LogP contribution is 2.22. The molecule has 1 heterocycles. The van der Waals surface area contributed by atoms with Gasteiger partial charge in [0, 0.05) is 24.0 Å². The minimum atomic E-state index is 0.161. The van der Waals surface area contributed by atoms with Gasteiger partial charge in [0.1, 0.15) is 0 Å². The second kappa shape index (κ2) is 6.24. The number of hydrogen-bond acceptors (Lipinski definition) is 1. The number of piperidine rings is 1. The maximum Gasteiger partial charge on any atom is 0.254 e. The lowest BCUT2D eigenvalue weighted by Crippen LogP contribution is -2.44. The van der Waals surface area contributed by atoms with Crippen molar-refractivity contribution < 1.29 is 4.79 Å². The summed E-state index contributed by atoms with van der Waals surface area (Å²) in [6.45, 7) is 2.89. The van der Waals surface area contributed by atoms with Crippen LogP contribution in [0.25, 0.3) is 0 Å². The van der Waals surface area contributed by atoms with Crippen molar-refractivity contribution in [3.05, 3.63) is 35.4 Å². The first-order valence-corrected chi connectivity index (χ1v) is 7.19. The molecule has 1 aromatic rings. The van der Waals surface area contributed by atoms with Gasteiger partial charge in [-0.25, -0.2) is 0 Å². The Morgan fingerprint density at radius 1 is 1.44 bits per heavy atom. The minimum Gasteiger partial charge on any atom is -0.336 e. The molecule has 1 saturated heterocycles. The summed E-state index contributed by atoms with van der Waals surface area (Å²) in [5.41, 5.74) is 1.93. The van der Waals surface area contributed by atoms with Crippen LogP contribution in [-0.2, 0) is 0 Å². The predicted molar refractivity (Wildman–Crippen MR) is 75.2 cm³/mol. The molecule has 1 aliphatic heterocycles. The van der Waals surface area contributed by atoms with Crippen molar-refractivity contribution in [3.63, 3.8) is 0 Å². The fourth-order valence-corrected chi connectivity index (χ4v) is 2.89. The number of alkyl halides is 1. The van der Waals surface area contributed by atoms with Crippen LogP contribution in [0.1, 0.15) is 41.6 Å². The summed E-state index contributed by atoms with van der Waals surface area (Å²) in [4.78, 5) is 14.5. The van der Waals surface area contributed by atoms with Gasteiger partial charge >= 0.3 is 0 Å². The molecular weight excluding hydrogens is 246 g/mol. The van der Waals surface area contributed by atoms with E-state index < -0.39 is 0 Å². The van der Waals surface area contributed by atoms with E-state index in [1.807, 2.05) is 36.1 Å². The van der Waals surface area contributed by atoms with Crippen molar-refractivity contribution in [3.8, 4) is 0 Å². The topological polar surface area (TPSA) is 20.3 Å². The molecule has 3 heteroatoms. The Hall–Kier alpha value is -1.02. The summed E-state index contributed by atoms with van der Waals surface area (Å²) in [7, 11) is 0. The highest BCUT2D eigenvalue weighted by atomic mass is 35.5. The molecule has 1 amide bonds. The van der Waals surface area contributed by atoms with Crippen LogP contribution in [0.15, 0.2) is 24.3 Å². The van der Waals surface area contributed by atoms with E-state index in [4.69, 9.17) is 11.6 Å². The SMILES string of the molecule is Cc1cccc(C(=O)N2CCCCC2CCCl)c1. The quantitative estimate of drug-likeness (QED) is 0.765. The molecule has 1 aromatic carbocycles. The Morgan fingerprint density at radius 3 is 3.00 bits per heavy atom. The first-order valence-electron chi connectivity index (χ1n) is 6.66. The van der Waals surface area contributed by atoms with Crippen molar-refractivity contribution in [1.82, 2.24) is 4.90 Å².